The standard InChI is InChI=1S/C19H25N3O5S/c1-3-9-27-17-11-13(2)4-5-15(17)20-19(24)16-6-7-18(23)22(21-16)14-8-10-28(25,26)12-14/h4-5,11,14H,3,6-10,12H2,1-2H3,(H,20,24)/t14-/m0/s1. The molecule has 1 aromatic carbocycles. The van der Waals surface area contributed by atoms with Crippen molar-refractivity contribution in [3.63, 3.8) is 0 Å². The van der Waals surface area contributed by atoms with Crippen molar-refractivity contribution in [2.24, 2.45) is 5.10 Å². The third kappa shape index (κ3) is 4.70. The van der Waals surface area contributed by atoms with Gasteiger partial charge in [0.2, 0.25) is 5.91 Å². The van der Waals surface area contributed by atoms with E-state index in [1.54, 1.807) is 6.07 Å². The zero-order chi connectivity index (χ0) is 20.3. The second kappa shape index (κ2) is 8.30. The lowest BCUT2D eigenvalue weighted by Gasteiger charge is -2.27. The van der Waals surface area contributed by atoms with Gasteiger partial charge in [-0.25, -0.2) is 13.4 Å². The summed E-state index contributed by atoms with van der Waals surface area (Å²) in [6.07, 6.45) is 1.54. The molecule has 0 spiro atoms. The van der Waals surface area contributed by atoms with Gasteiger partial charge in [0.15, 0.2) is 9.84 Å². The predicted octanol–water partition coefficient (Wildman–Crippen LogP) is 1.89. The first-order valence-electron chi connectivity index (χ1n) is 9.44. The highest BCUT2D eigenvalue weighted by Crippen LogP contribution is 2.27. The molecule has 0 bridgehead atoms. The molecule has 2 aliphatic rings. The quantitative estimate of drug-likeness (QED) is 0.775. The molecule has 152 valence electrons. The largest absolute Gasteiger partial charge is 0.491 e. The van der Waals surface area contributed by atoms with E-state index in [0.29, 0.717) is 24.5 Å². The van der Waals surface area contributed by atoms with E-state index in [0.717, 1.165) is 12.0 Å². The first kappa shape index (κ1) is 20.3. The lowest BCUT2D eigenvalue weighted by Crippen LogP contribution is -2.42. The van der Waals surface area contributed by atoms with Gasteiger partial charge in [-0.2, -0.15) is 5.10 Å². The van der Waals surface area contributed by atoms with Crippen LogP contribution >= 0.6 is 0 Å². The number of benzene rings is 1. The summed E-state index contributed by atoms with van der Waals surface area (Å²) < 4.78 is 29.1. The van der Waals surface area contributed by atoms with Crippen LogP contribution in [0.25, 0.3) is 0 Å². The van der Waals surface area contributed by atoms with Gasteiger partial charge in [0.1, 0.15) is 11.5 Å². The molecule has 1 atom stereocenters. The molecule has 28 heavy (non-hydrogen) atoms. The van der Waals surface area contributed by atoms with Crippen LogP contribution in [0.15, 0.2) is 23.3 Å². The Morgan fingerprint density at radius 1 is 1.36 bits per heavy atom. The van der Waals surface area contributed by atoms with Crippen LogP contribution in [0.2, 0.25) is 0 Å². The van der Waals surface area contributed by atoms with Crippen LogP contribution in [0, 0.1) is 6.92 Å². The highest BCUT2D eigenvalue weighted by atomic mass is 32.2. The van der Waals surface area contributed by atoms with Gasteiger partial charge in [-0.05, 0) is 37.5 Å². The van der Waals surface area contributed by atoms with Crippen molar-refractivity contribution in [3.05, 3.63) is 23.8 Å². The molecule has 9 heteroatoms. The van der Waals surface area contributed by atoms with Crippen molar-refractivity contribution < 1.29 is 22.7 Å². The fourth-order valence-corrected chi connectivity index (χ4v) is 4.94. The minimum absolute atomic E-state index is 0.0417. The summed E-state index contributed by atoms with van der Waals surface area (Å²) in [5.74, 6) is -0.143. The Hall–Kier alpha value is -2.42. The van der Waals surface area contributed by atoms with Gasteiger partial charge in [0, 0.05) is 12.8 Å². The highest BCUT2D eigenvalue weighted by Gasteiger charge is 2.37. The van der Waals surface area contributed by atoms with Crippen molar-refractivity contribution in [1.82, 2.24) is 5.01 Å². The summed E-state index contributed by atoms with van der Waals surface area (Å²) in [5.41, 5.74) is 1.77. The van der Waals surface area contributed by atoms with Gasteiger partial charge in [-0.3, -0.25) is 9.59 Å². The van der Waals surface area contributed by atoms with Crippen LogP contribution in [0.4, 0.5) is 5.69 Å². The van der Waals surface area contributed by atoms with Crippen LogP contribution in [-0.2, 0) is 19.4 Å². The molecule has 2 amide bonds. The summed E-state index contributed by atoms with van der Waals surface area (Å²) in [6.45, 7) is 4.47. The van der Waals surface area contributed by atoms with E-state index in [-0.39, 0.29) is 36.0 Å². The van der Waals surface area contributed by atoms with E-state index in [9.17, 15) is 18.0 Å². The third-order valence-corrected chi connectivity index (χ3v) is 6.47. The van der Waals surface area contributed by atoms with Gasteiger partial charge in [0.25, 0.3) is 5.91 Å². The monoisotopic (exact) mass is 407 g/mol. The Kier molecular flexibility index (Phi) is 6.02. The Balaban J connectivity index is 1.77. The topological polar surface area (TPSA) is 105 Å². The zero-order valence-electron chi connectivity index (χ0n) is 16.1. The van der Waals surface area contributed by atoms with Crippen molar-refractivity contribution in [2.45, 2.75) is 45.6 Å². The summed E-state index contributed by atoms with van der Waals surface area (Å²) in [4.78, 5) is 24.9. The average molecular weight is 407 g/mol. The molecule has 8 nitrogen and oxygen atoms in total. The van der Waals surface area contributed by atoms with Gasteiger partial charge in [-0.1, -0.05) is 13.0 Å². The van der Waals surface area contributed by atoms with Crippen LogP contribution < -0.4 is 10.1 Å². The van der Waals surface area contributed by atoms with Crippen LogP contribution in [0.5, 0.6) is 5.75 Å². The molecule has 3 rings (SSSR count). The summed E-state index contributed by atoms with van der Waals surface area (Å²) in [7, 11) is -3.15. The molecule has 2 heterocycles. The minimum atomic E-state index is -3.15. The molecule has 0 radical (unpaired) electrons. The number of carbonyl (C=O) groups excluding carboxylic acids is 2. The maximum Gasteiger partial charge on any atom is 0.271 e. The number of ether oxygens (including phenoxy) is 1. The molecule has 1 N–H and O–H groups in total. The molecule has 1 fully saturated rings. The van der Waals surface area contributed by atoms with E-state index >= 15 is 0 Å². The van der Waals surface area contributed by atoms with E-state index in [4.69, 9.17) is 4.74 Å². The Morgan fingerprint density at radius 3 is 2.82 bits per heavy atom. The molecular formula is C19H25N3O5S. The number of aryl methyl sites for hydroxylation is 1. The first-order chi connectivity index (χ1) is 13.3. The number of carbonyl (C=O) groups is 2. The summed E-state index contributed by atoms with van der Waals surface area (Å²) in [6, 6.07) is 5.00. The lowest BCUT2D eigenvalue weighted by atomic mass is 10.1. The van der Waals surface area contributed by atoms with Crippen molar-refractivity contribution in [3.8, 4) is 5.75 Å². The van der Waals surface area contributed by atoms with Crippen LogP contribution in [0.3, 0.4) is 0 Å². The van der Waals surface area contributed by atoms with Crippen LogP contribution in [-0.4, -0.2) is 55.1 Å². The number of sulfone groups is 1. The minimum Gasteiger partial charge on any atom is -0.491 e. The molecule has 2 aliphatic heterocycles. The maximum atomic E-state index is 12.7. The number of nitrogens with zero attached hydrogens (tertiary/aromatic N) is 2. The Labute approximate surface area is 164 Å². The number of hydrogen-bond acceptors (Lipinski definition) is 6. The van der Waals surface area contributed by atoms with Gasteiger partial charge >= 0.3 is 0 Å². The van der Waals surface area contributed by atoms with E-state index in [2.05, 4.69) is 10.4 Å². The van der Waals surface area contributed by atoms with Crippen molar-refractivity contribution in [2.75, 3.05) is 23.4 Å². The SMILES string of the molecule is CCCOc1cc(C)ccc1NC(=O)C1=NN([C@H]2CCS(=O)(=O)C2)C(=O)CC1. The van der Waals surface area contributed by atoms with Crippen molar-refractivity contribution >= 4 is 33.1 Å². The summed E-state index contributed by atoms with van der Waals surface area (Å²) >= 11 is 0. The molecule has 0 aliphatic carbocycles. The third-order valence-electron chi connectivity index (χ3n) is 4.72. The molecule has 1 aromatic rings. The van der Waals surface area contributed by atoms with Gasteiger partial charge in [-0.15, -0.1) is 0 Å². The normalized spacial score (nSPS) is 21.4. The summed E-state index contributed by atoms with van der Waals surface area (Å²) in [5, 5.41) is 8.19. The van der Waals surface area contributed by atoms with Crippen molar-refractivity contribution in [1.29, 1.82) is 0 Å². The zero-order valence-corrected chi connectivity index (χ0v) is 16.9. The molecule has 0 aromatic heterocycles. The molecule has 1 saturated heterocycles. The Morgan fingerprint density at radius 2 is 2.14 bits per heavy atom. The lowest BCUT2D eigenvalue weighted by molar-refractivity contribution is -0.133. The van der Waals surface area contributed by atoms with Crippen LogP contribution in [0.1, 0.15) is 38.2 Å². The number of hydrogen-bond donors (Lipinski definition) is 1. The first-order valence-corrected chi connectivity index (χ1v) is 11.3. The smallest absolute Gasteiger partial charge is 0.271 e. The Bertz CT molecular complexity index is 910. The van der Waals surface area contributed by atoms with E-state index in [1.165, 1.54) is 5.01 Å². The fraction of sp³-hybridized carbons (Fsp3) is 0.526. The predicted molar refractivity (Wildman–Crippen MR) is 106 cm³/mol. The number of anilines is 1. The fourth-order valence-electron chi connectivity index (χ4n) is 3.25. The molecule has 0 saturated carbocycles. The average Bonchev–Trinajstić information content (AvgIpc) is 3.01. The highest BCUT2D eigenvalue weighted by molar-refractivity contribution is 7.91. The second-order valence-electron chi connectivity index (χ2n) is 7.14. The molecular weight excluding hydrogens is 382 g/mol. The van der Waals surface area contributed by atoms with E-state index in [1.807, 2.05) is 26.0 Å². The number of nitrogens with one attached hydrogen (secondary N) is 1. The number of amides is 2. The van der Waals surface area contributed by atoms with Gasteiger partial charge in [0.05, 0.1) is 29.8 Å². The van der Waals surface area contributed by atoms with E-state index < -0.39 is 21.8 Å². The maximum absolute atomic E-state index is 12.7. The molecule has 0 unspecified atom stereocenters. The second-order valence-corrected chi connectivity index (χ2v) is 9.37. The number of rotatable bonds is 6. The van der Waals surface area contributed by atoms with Gasteiger partial charge < -0.3 is 10.1 Å². The number of hydrazone groups is 1.